The van der Waals surface area contributed by atoms with Crippen LogP contribution in [-0.4, -0.2) is 48.1 Å². The van der Waals surface area contributed by atoms with Crippen molar-refractivity contribution in [1.29, 1.82) is 0 Å². The van der Waals surface area contributed by atoms with Gasteiger partial charge in [-0.2, -0.15) is 0 Å². The number of carboxylic acid groups (broad SMARTS) is 1. The lowest BCUT2D eigenvalue weighted by molar-refractivity contribution is 0.0694. The van der Waals surface area contributed by atoms with E-state index in [1.165, 1.54) is 0 Å². The van der Waals surface area contributed by atoms with Crippen molar-refractivity contribution in [1.82, 2.24) is 9.55 Å². The standard InChI is InChI=1S/C25H32N2O6/c1-25(2,3)18-11-14-12-19(33-10-6-9-31-4)22(32-5)26-20(14)21-16(18)13-17(24(29)30)23(28)27(21)15-7-8-15/h12-13,15,18H,6-11H2,1-5H3,(H,29,30)/t18-/m0/s1. The molecule has 178 valence electrons. The molecule has 0 bridgehead atoms. The molecule has 0 amide bonds. The molecule has 0 unspecified atom stereocenters. The predicted molar refractivity (Wildman–Crippen MR) is 124 cm³/mol. The molecule has 2 aromatic rings. The molecular weight excluding hydrogens is 424 g/mol. The van der Waals surface area contributed by atoms with Crippen LogP contribution in [0.5, 0.6) is 11.6 Å². The van der Waals surface area contributed by atoms with Gasteiger partial charge in [-0.25, -0.2) is 9.78 Å². The number of aromatic nitrogens is 2. The molecule has 0 aliphatic heterocycles. The van der Waals surface area contributed by atoms with Gasteiger partial charge in [-0.15, -0.1) is 0 Å². The summed E-state index contributed by atoms with van der Waals surface area (Å²) in [7, 11) is 3.19. The summed E-state index contributed by atoms with van der Waals surface area (Å²) in [6, 6.07) is 3.53. The smallest absolute Gasteiger partial charge is 0.341 e. The summed E-state index contributed by atoms with van der Waals surface area (Å²) in [6.45, 7) is 7.48. The maximum atomic E-state index is 13.2. The number of nitrogens with zero attached hydrogens (tertiary/aromatic N) is 2. The highest BCUT2D eigenvalue weighted by atomic mass is 16.5. The normalized spacial score (nSPS) is 17.3. The third kappa shape index (κ3) is 4.36. The molecule has 0 saturated heterocycles. The summed E-state index contributed by atoms with van der Waals surface area (Å²) < 4.78 is 18.3. The highest BCUT2D eigenvalue weighted by Crippen LogP contribution is 2.50. The summed E-state index contributed by atoms with van der Waals surface area (Å²) in [5.74, 6) is -0.268. The molecule has 2 aliphatic carbocycles. The van der Waals surface area contributed by atoms with Gasteiger partial charge in [-0.05, 0) is 53.9 Å². The third-order valence-electron chi connectivity index (χ3n) is 6.45. The lowest BCUT2D eigenvalue weighted by Gasteiger charge is -2.37. The molecule has 0 radical (unpaired) electrons. The molecule has 1 saturated carbocycles. The topological polar surface area (TPSA) is 99.9 Å². The first kappa shape index (κ1) is 23.3. The van der Waals surface area contributed by atoms with Crippen LogP contribution in [0.2, 0.25) is 0 Å². The lowest BCUT2D eigenvalue weighted by Crippen LogP contribution is -2.33. The van der Waals surface area contributed by atoms with Crippen molar-refractivity contribution in [2.75, 3.05) is 27.4 Å². The minimum atomic E-state index is -1.19. The fraction of sp³-hybridized carbons (Fsp3) is 0.560. The van der Waals surface area contributed by atoms with Crippen molar-refractivity contribution in [2.24, 2.45) is 5.41 Å². The average molecular weight is 457 g/mol. The highest BCUT2D eigenvalue weighted by Gasteiger charge is 2.40. The van der Waals surface area contributed by atoms with Crippen molar-refractivity contribution in [3.8, 4) is 23.0 Å². The number of aromatic carboxylic acids is 1. The van der Waals surface area contributed by atoms with Gasteiger partial charge in [0.25, 0.3) is 11.4 Å². The average Bonchev–Trinajstić information content (AvgIpc) is 3.59. The molecule has 33 heavy (non-hydrogen) atoms. The van der Waals surface area contributed by atoms with Gasteiger partial charge in [0.1, 0.15) is 5.56 Å². The lowest BCUT2D eigenvalue weighted by atomic mass is 9.69. The van der Waals surface area contributed by atoms with Gasteiger partial charge in [0.15, 0.2) is 5.75 Å². The van der Waals surface area contributed by atoms with Gasteiger partial charge in [-0.3, -0.25) is 4.79 Å². The Morgan fingerprint density at radius 3 is 2.52 bits per heavy atom. The number of rotatable bonds is 8. The molecule has 4 rings (SSSR count). The predicted octanol–water partition coefficient (Wildman–Crippen LogP) is 4.05. The van der Waals surface area contributed by atoms with E-state index >= 15 is 0 Å². The number of carboxylic acids is 1. The van der Waals surface area contributed by atoms with Gasteiger partial charge in [0.05, 0.1) is 25.1 Å². The largest absolute Gasteiger partial charge is 0.488 e. The number of ether oxygens (including phenoxy) is 3. The van der Waals surface area contributed by atoms with E-state index in [0.717, 1.165) is 36.1 Å². The van der Waals surface area contributed by atoms with Gasteiger partial charge in [0.2, 0.25) is 0 Å². The highest BCUT2D eigenvalue weighted by molar-refractivity contribution is 5.88. The summed E-state index contributed by atoms with van der Waals surface area (Å²) in [5, 5.41) is 9.74. The van der Waals surface area contributed by atoms with Gasteiger partial charge in [0, 0.05) is 26.2 Å². The summed E-state index contributed by atoms with van der Waals surface area (Å²) in [5.41, 5.74) is 2.43. The SMILES string of the molecule is COCCCOc1cc2c(nc1OC)-c1c(cc(C(=O)O)c(=O)n1C1CC1)[C@@H](C(C)(C)C)C2. The molecule has 1 N–H and O–H groups in total. The van der Waals surface area contributed by atoms with Crippen molar-refractivity contribution in [3.05, 3.63) is 39.2 Å². The summed E-state index contributed by atoms with van der Waals surface area (Å²) in [4.78, 5) is 30.0. The van der Waals surface area contributed by atoms with Crippen LogP contribution in [0.1, 0.15) is 73.5 Å². The van der Waals surface area contributed by atoms with E-state index in [1.54, 1.807) is 24.9 Å². The van der Waals surface area contributed by atoms with Crippen LogP contribution in [0, 0.1) is 5.41 Å². The van der Waals surface area contributed by atoms with Crippen LogP contribution < -0.4 is 15.0 Å². The van der Waals surface area contributed by atoms with Crippen LogP contribution in [0.25, 0.3) is 11.4 Å². The van der Waals surface area contributed by atoms with Gasteiger partial charge >= 0.3 is 5.97 Å². The zero-order valence-corrected chi connectivity index (χ0v) is 19.9. The van der Waals surface area contributed by atoms with Crippen LogP contribution >= 0.6 is 0 Å². The van der Waals surface area contributed by atoms with E-state index in [9.17, 15) is 14.7 Å². The van der Waals surface area contributed by atoms with Crippen LogP contribution in [0.3, 0.4) is 0 Å². The van der Waals surface area contributed by atoms with E-state index in [4.69, 9.17) is 19.2 Å². The first-order valence-corrected chi connectivity index (χ1v) is 11.4. The first-order chi connectivity index (χ1) is 15.7. The Morgan fingerprint density at radius 2 is 1.94 bits per heavy atom. The monoisotopic (exact) mass is 456 g/mol. The van der Waals surface area contributed by atoms with E-state index in [-0.39, 0.29) is 22.9 Å². The summed E-state index contributed by atoms with van der Waals surface area (Å²) >= 11 is 0. The van der Waals surface area contributed by atoms with Crippen molar-refractivity contribution in [2.45, 2.75) is 58.4 Å². The number of fused-ring (bicyclic) bond motifs is 3. The minimum Gasteiger partial charge on any atom is -0.488 e. The van der Waals surface area contributed by atoms with E-state index < -0.39 is 11.5 Å². The zero-order chi connectivity index (χ0) is 23.9. The Kier molecular flexibility index (Phi) is 6.22. The number of carbonyl (C=O) groups is 1. The molecule has 2 aromatic heterocycles. The van der Waals surface area contributed by atoms with Crippen molar-refractivity contribution in [3.63, 3.8) is 0 Å². The first-order valence-electron chi connectivity index (χ1n) is 11.4. The van der Waals surface area contributed by atoms with Crippen molar-refractivity contribution >= 4 is 5.97 Å². The Labute approximate surface area is 193 Å². The summed E-state index contributed by atoms with van der Waals surface area (Å²) in [6.07, 6.45) is 3.11. The number of pyridine rings is 2. The second-order valence-electron chi connectivity index (χ2n) is 9.89. The maximum Gasteiger partial charge on any atom is 0.341 e. The molecule has 8 heteroatoms. The van der Waals surface area contributed by atoms with Crippen LogP contribution in [0.15, 0.2) is 16.9 Å². The van der Waals surface area contributed by atoms with Crippen molar-refractivity contribution < 1.29 is 24.1 Å². The number of hydrogen-bond acceptors (Lipinski definition) is 6. The molecule has 0 spiro atoms. The Hall–Kier alpha value is -2.87. The third-order valence-corrected chi connectivity index (χ3v) is 6.45. The molecule has 0 aromatic carbocycles. The van der Waals surface area contributed by atoms with E-state index in [0.29, 0.717) is 37.0 Å². The van der Waals surface area contributed by atoms with Crippen LogP contribution in [0.4, 0.5) is 0 Å². The van der Waals surface area contributed by atoms with Crippen LogP contribution in [-0.2, 0) is 11.2 Å². The molecule has 1 fully saturated rings. The van der Waals surface area contributed by atoms with E-state index in [2.05, 4.69) is 20.8 Å². The Morgan fingerprint density at radius 1 is 1.21 bits per heavy atom. The Balaban J connectivity index is 1.93. The number of methoxy groups -OCH3 is 2. The molecule has 2 aliphatic rings. The quantitative estimate of drug-likeness (QED) is 0.598. The maximum absolute atomic E-state index is 13.2. The fourth-order valence-electron chi connectivity index (χ4n) is 4.62. The van der Waals surface area contributed by atoms with Gasteiger partial charge < -0.3 is 23.9 Å². The molecule has 2 heterocycles. The second kappa shape index (κ2) is 8.82. The minimum absolute atomic E-state index is 0.00474. The van der Waals surface area contributed by atoms with E-state index in [1.807, 2.05) is 6.07 Å². The Bertz CT molecular complexity index is 1130. The molecule has 8 nitrogen and oxygen atoms in total. The molecule has 1 atom stereocenters. The zero-order valence-electron chi connectivity index (χ0n) is 19.9. The van der Waals surface area contributed by atoms with Gasteiger partial charge in [-0.1, -0.05) is 20.8 Å². The fourth-order valence-corrected chi connectivity index (χ4v) is 4.62. The number of hydrogen-bond donors (Lipinski definition) is 1. The molecular formula is C25H32N2O6. The second-order valence-corrected chi connectivity index (χ2v) is 9.89.